The lowest BCUT2D eigenvalue weighted by Gasteiger charge is -2.02. The SMILES string of the molecule is Cc1cc(C)cc(-c2ccc(C=O)[nH]2)c1. The van der Waals surface area contributed by atoms with Crippen molar-refractivity contribution in [1.82, 2.24) is 4.98 Å². The monoisotopic (exact) mass is 199 g/mol. The number of carbonyl (C=O) groups excluding carboxylic acids is 1. The maximum absolute atomic E-state index is 10.6. The van der Waals surface area contributed by atoms with Crippen LogP contribution in [0.25, 0.3) is 11.3 Å². The molecule has 1 aromatic carbocycles. The van der Waals surface area contributed by atoms with Gasteiger partial charge in [0.1, 0.15) is 0 Å². The van der Waals surface area contributed by atoms with Crippen molar-refractivity contribution >= 4 is 6.29 Å². The highest BCUT2D eigenvalue weighted by atomic mass is 16.1. The fourth-order valence-electron chi connectivity index (χ4n) is 1.78. The Kier molecular flexibility index (Phi) is 2.42. The van der Waals surface area contributed by atoms with E-state index in [0.29, 0.717) is 5.69 Å². The number of aromatic nitrogens is 1. The molecule has 0 saturated carbocycles. The second-order valence-electron chi connectivity index (χ2n) is 3.82. The van der Waals surface area contributed by atoms with E-state index in [-0.39, 0.29) is 0 Å². The number of aryl methyl sites for hydroxylation is 2. The summed E-state index contributed by atoms with van der Waals surface area (Å²) in [5.41, 5.74) is 5.19. The zero-order valence-corrected chi connectivity index (χ0v) is 8.87. The maximum Gasteiger partial charge on any atom is 0.166 e. The average molecular weight is 199 g/mol. The van der Waals surface area contributed by atoms with Gasteiger partial charge in [0.05, 0.1) is 5.69 Å². The minimum absolute atomic E-state index is 0.615. The van der Waals surface area contributed by atoms with E-state index in [1.807, 2.05) is 6.07 Å². The Morgan fingerprint density at radius 3 is 2.27 bits per heavy atom. The van der Waals surface area contributed by atoms with E-state index < -0.39 is 0 Å². The maximum atomic E-state index is 10.6. The normalized spacial score (nSPS) is 10.3. The number of benzene rings is 1. The van der Waals surface area contributed by atoms with Crippen molar-refractivity contribution in [3.05, 3.63) is 47.2 Å². The van der Waals surface area contributed by atoms with Crippen LogP contribution in [0.3, 0.4) is 0 Å². The van der Waals surface area contributed by atoms with Gasteiger partial charge in [-0.25, -0.2) is 0 Å². The average Bonchev–Trinajstić information content (AvgIpc) is 2.64. The van der Waals surface area contributed by atoms with Crippen molar-refractivity contribution in [3.63, 3.8) is 0 Å². The molecular weight excluding hydrogens is 186 g/mol. The van der Waals surface area contributed by atoms with E-state index in [4.69, 9.17) is 0 Å². The van der Waals surface area contributed by atoms with E-state index in [0.717, 1.165) is 17.5 Å². The third kappa shape index (κ3) is 1.99. The van der Waals surface area contributed by atoms with E-state index in [2.05, 4.69) is 37.0 Å². The molecule has 2 rings (SSSR count). The van der Waals surface area contributed by atoms with E-state index in [1.54, 1.807) is 6.07 Å². The van der Waals surface area contributed by atoms with E-state index in [1.165, 1.54) is 11.1 Å². The molecule has 0 bridgehead atoms. The van der Waals surface area contributed by atoms with Crippen molar-refractivity contribution in [2.45, 2.75) is 13.8 Å². The predicted octanol–water partition coefficient (Wildman–Crippen LogP) is 3.11. The summed E-state index contributed by atoms with van der Waals surface area (Å²) in [6.45, 7) is 4.14. The molecule has 0 radical (unpaired) electrons. The highest BCUT2D eigenvalue weighted by Crippen LogP contribution is 2.21. The summed E-state index contributed by atoms with van der Waals surface area (Å²) in [6, 6.07) is 10.1. The molecule has 76 valence electrons. The first kappa shape index (κ1) is 9.71. The molecule has 1 N–H and O–H groups in total. The third-order valence-electron chi connectivity index (χ3n) is 2.37. The summed E-state index contributed by atoms with van der Waals surface area (Å²) in [7, 11) is 0. The molecule has 2 heteroatoms. The van der Waals surface area contributed by atoms with Gasteiger partial charge in [-0.1, -0.05) is 17.2 Å². The van der Waals surface area contributed by atoms with Crippen LogP contribution >= 0.6 is 0 Å². The molecule has 0 spiro atoms. The van der Waals surface area contributed by atoms with Crippen LogP contribution in [-0.4, -0.2) is 11.3 Å². The zero-order chi connectivity index (χ0) is 10.8. The molecule has 0 saturated heterocycles. The number of nitrogens with one attached hydrogen (secondary N) is 1. The standard InChI is InChI=1S/C13H13NO/c1-9-5-10(2)7-11(6-9)13-4-3-12(8-15)14-13/h3-8,14H,1-2H3. The first-order chi connectivity index (χ1) is 7.19. The Bertz CT molecular complexity index is 477. The van der Waals surface area contributed by atoms with Crippen molar-refractivity contribution in [1.29, 1.82) is 0 Å². The Balaban J connectivity index is 2.48. The molecule has 0 aliphatic carbocycles. The Hall–Kier alpha value is -1.83. The molecule has 0 fully saturated rings. The molecule has 15 heavy (non-hydrogen) atoms. The molecule has 0 aliphatic rings. The highest BCUT2D eigenvalue weighted by molar-refractivity contribution is 5.75. The van der Waals surface area contributed by atoms with Crippen LogP contribution in [0.4, 0.5) is 0 Å². The lowest BCUT2D eigenvalue weighted by Crippen LogP contribution is -1.84. The first-order valence-corrected chi connectivity index (χ1v) is 4.92. The number of rotatable bonds is 2. The van der Waals surface area contributed by atoms with E-state index in [9.17, 15) is 4.79 Å². The van der Waals surface area contributed by atoms with Gasteiger partial charge in [-0.2, -0.15) is 0 Å². The van der Waals surface area contributed by atoms with Gasteiger partial charge in [-0.3, -0.25) is 4.79 Å². The summed E-state index contributed by atoms with van der Waals surface area (Å²) in [6.07, 6.45) is 0.826. The summed E-state index contributed by atoms with van der Waals surface area (Å²) in [5, 5.41) is 0. The molecule has 0 unspecified atom stereocenters. The van der Waals surface area contributed by atoms with Crippen LogP contribution in [-0.2, 0) is 0 Å². The number of aldehydes is 1. The zero-order valence-electron chi connectivity index (χ0n) is 8.87. The largest absolute Gasteiger partial charge is 0.352 e. The van der Waals surface area contributed by atoms with Crippen LogP contribution in [0.2, 0.25) is 0 Å². The molecule has 1 aromatic heterocycles. The van der Waals surface area contributed by atoms with Gasteiger partial charge >= 0.3 is 0 Å². The van der Waals surface area contributed by atoms with Gasteiger partial charge in [-0.05, 0) is 43.7 Å². The van der Waals surface area contributed by atoms with Gasteiger partial charge in [0.15, 0.2) is 6.29 Å². The number of aromatic amines is 1. The van der Waals surface area contributed by atoms with Gasteiger partial charge < -0.3 is 4.98 Å². The van der Waals surface area contributed by atoms with Crippen LogP contribution < -0.4 is 0 Å². The van der Waals surface area contributed by atoms with E-state index >= 15 is 0 Å². The lowest BCUT2D eigenvalue weighted by molar-refractivity contribution is 0.111. The van der Waals surface area contributed by atoms with Crippen LogP contribution in [0.1, 0.15) is 21.6 Å². The summed E-state index contributed by atoms with van der Waals surface area (Å²) >= 11 is 0. The molecule has 2 nitrogen and oxygen atoms in total. The van der Waals surface area contributed by atoms with Gasteiger partial charge in [-0.15, -0.1) is 0 Å². The van der Waals surface area contributed by atoms with Crippen molar-refractivity contribution in [2.24, 2.45) is 0 Å². The van der Waals surface area contributed by atoms with Gasteiger partial charge in [0, 0.05) is 5.69 Å². The predicted molar refractivity (Wildman–Crippen MR) is 61.1 cm³/mol. The fourth-order valence-corrected chi connectivity index (χ4v) is 1.78. The van der Waals surface area contributed by atoms with Crippen LogP contribution in [0, 0.1) is 13.8 Å². The Morgan fingerprint density at radius 2 is 1.73 bits per heavy atom. The molecule has 0 atom stereocenters. The van der Waals surface area contributed by atoms with Gasteiger partial charge in [0.25, 0.3) is 0 Å². The Labute approximate surface area is 89.0 Å². The number of carbonyl (C=O) groups is 1. The quantitative estimate of drug-likeness (QED) is 0.740. The summed E-state index contributed by atoms with van der Waals surface area (Å²) < 4.78 is 0. The lowest BCUT2D eigenvalue weighted by atomic mass is 10.1. The topological polar surface area (TPSA) is 32.9 Å². The summed E-state index contributed by atoms with van der Waals surface area (Å²) in [5.74, 6) is 0. The molecule has 2 aromatic rings. The minimum Gasteiger partial charge on any atom is -0.352 e. The first-order valence-electron chi connectivity index (χ1n) is 4.92. The van der Waals surface area contributed by atoms with Crippen LogP contribution in [0.15, 0.2) is 30.3 Å². The number of H-pyrrole nitrogens is 1. The smallest absolute Gasteiger partial charge is 0.166 e. The summed E-state index contributed by atoms with van der Waals surface area (Å²) in [4.78, 5) is 13.6. The number of hydrogen-bond acceptors (Lipinski definition) is 1. The van der Waals surface area contributed by atoms with Crippen molar-refractivity contribution < 1.29 is 4.79 Å². The fraction of sp³-hybridized carbons (Fsp3) is 0.154. The van der Waals surface area contributed by atoms with Crippen molar-refractivity contribution in [3.8, 4) is 11.3 Å². The molecule has 0 amide bonds. The van der Waals surface area contributed by atoms with Gasteiger partial charge in [0.2, 0.25) is 0 Å². The third-order valence-corrected chi connectivity index (χ3v) is 2.37. The molecule has 1 heterocycles. The van der Waals surface area contributed by atoms with Crippen molar-refractivity contribution in [2.75, 3.05) is 0 Å². The second kappa shape index (κ2) is 3.73. The highest BCUT2D eigenvalue weighted by Gasteiger charge is 2.02. The number of hydrogen-bond donors (Lipinski definition) is 1. The van der Waals surface area contributed by atoms with Crippen LogP contribution in [0.5, 0.6) is 0 Å². The molecule has 0 aliphatic heterocycles. The Morgan fingerprint density at radius 1 is 1.07 bits per heavy atom. The minimum atomic E-state index is 0.615. The molecular formula is C13H13NO. The second-order valence-corrected chi connectivity index (χ2v) is 3.82.